The molecule has 0 radical (unpaired) electrons. The lowest BCUT2D eigenvalue weighted by molar-refractivity contribution is 0.119. The van der Waals surface area contributed by atoms with Gasteiger partial charge in [0.25, 0.3) is 0 Å². The number of piperazine rings is 1. The summed E-state index contributed by atoms with van der Waals surface area (Å²) < 4.78 is 5.27. The van der Waals surface area contributed by atoms with Crippen molar-refractivity contribution < 1.29 is 4.52 Å². The first-order chi connectivity index (χ1) is 7.78. The summed E-state index contributed by atoms with van der Waals surface area (Å²) in [4.78, 5) is 2.33. The summed E-state index contributed by atoms with van der Waals surface area (Å²) in [6.45, 7) is 5.37. The van der Waals surface area contributed by atoms with Crippen molar-refractivity contribution in [1.29, 1.82) is 0 Å². The Labute approximate surface area is 95.3 Å². The Balaban J connectivity index is 1.83. The highest BCUT2D eigenvalue weighted by molar-refractivity contribution is 5.05. The van der Waals surface area contributed by atoms with E-state index in [9.17, 15) is 0 Å². The molecule has 1 aromatic rings. The Hall–Kier alpha value is -0.950. The number of rotatable bonds is 4. The van der Waals surface area contributed by atoms with Crippen LogP contribution in [0.4, 0.5) is 0 Å². The summed E-state index contributed by atoms with van der Waals surface area (Å²) >= 11 is 0. The fourth-order valence-corrected chi connectivity index (χ4v) is 1.84. The van der Waals surface area contributed by atoms with E-state index in [-0.39, 0.29) is 0 Å². The smallest absolute Gasteiger partial charge is 0.151 e. The fraction of sp³-hybridized carbons (Fsp3) is 0.700. The Bertz CT molecular complexity index is 319. The lowest BCUT2D eigenvalue weighted by atomic mass is 10.3. The SMILES string of the molecule is CNCc1cc(CN2CCN(N)CC2)on1. The molecule has 3 N–H and O–H groups in total. The predicted molar refractivity (Wildman–Crippen MR) is 60.3 cm³/mol. The number of nitrogens with two attached hydrogens (primary N) is 1. The van der Waals surface area contributed by atoms with E-state index in [1.165, 1.54) is 0 Å². The zero-order chi connectivity index (χ0) is 11.4. The molecule has 0 unspecified atom stereocenters. The van der Waals surface area contributed by atoms with Crippen LogP contribution in [0.2, 0.25) is 0 Å². The van der Waals surface area contributed by atoms with Crippen molar-refractivity contribution >= 4 is 0 Å². The highest BCUT2D eigenvalue weighted by atomic mass is 16.5. The molecule has 0 bridgehead atoms. The molecule has 2 rings (SSSR count). The molecule has 0 aromatic carbocycles. The van der Waals surface area contributed by atoms with Gasteiger partial charge in [-0.25, -0.2) is 5.01 Å². The Kier molecular flexibility index (Phi) is 3.89. The van der Waals surface area contributed by atoms with E-state index in [1.54, 1.807) is 0 Å². The number of nitrogens with one attached hydrogen (secondary N) is 1. The molecule has 0 atom stereocenters. The summed E-state index contributed by atoms with van der Waals surface area (Å²) in [5, 5.41) is 8.89. The molecule has 1 aliphatic rings. The van der Waals surface area contributed by atoms with Crippen molar-refractivity contribution in [1.82, 2.24) is 20.4 Å². The molecule has 6 heteroatoms. The van der Waals surface area contributed by atoms with Crippen molar-refractivity contribution in [3.63, 3.8) is 0 Å². The summed E-state index contributed by atoms with van der Waals surface area (Å²) in [5.41, 5.74) is 0.954. The summed E-state index contributed by atoms with van der Waals surface area (Å²) in [6, 6.07) is 2.01. The van der Waals surface area contributed by atoms with E-state index in [4.69, 9.17) is 10.4 Å². The first-order valence-electron chi connectivity index (χ1n) is 5.59. The minimum absolute atomic E-state index is 0.750. The summed E-state index contributed by atoms with van der Waals surface area (Å²) in [6.07, 6.45) is 0. The number of hydrogen-bond acceptors (Lipinski definition) is 6. The molecule has 0 spiro atoms. The quantitative estimate of drug-likeness (QED) is 0.666. The zero-order valence-electron chi connectivity index (χ0n) is 9.65. The molecule has 6 nitrogen and oxygen atoms in total. The van der Waals surface area contributed by atoms with E-state index in [2.05, 4.69) is 15.4 Å². The van der Waals surface area contributed by atoms with Crippen LogP contribution in [-0.4, -0.2) is 48.3 Å². The standard InChI is InChI=1S/C10H19N5O/c1-12-7-9-6-10(16-13-9)8-14-2-4-15(11)5-3-14/h6,12H,2-5,7-8,11H2,1H3. The molecule has 1 aliphatic heterocycles. The van der Waals surface area contributed by atoms with E-state index in [0.717, 1.165) is 50.7 Å². The van der Waals surface area contributed by atoms with Gasteiger partial charge in [-0.05, 0) is 7.05 Å². The van der Waals surface area contributed by atoms with Crippen molar-refractivity contribution in [3.05, 3.63) is 17.5 Å². The number of hydrazine groups is 1. The first kappa shape index (κ1) is 11.5. The molecule has 0 saturated carbocycles. The minimum atomic E-state index is 0.750. The molecular formula is C10H19N5O. The van der Waals surface area contributed by atoms with Crippen LogP contribution in [-0.2, 0) is 13.1 Å². The maximum Gasteiger partial charge on any atom is 0.151 e. The van der Waals surface area contributed by atoms with Gasteiger partial charge in [0.1, 0.15) is 0 Å². The van der Waals surface area contributed by atoms with Crippen LogP contribution in [0.3, 0.4) is 0 Å². The summed E-state index contributed by atoms with van der Waals surface area (Å²) in [5.74, 6) is 6.62. The Morgan fingerprint density at radius 2 is 2.19 bits per heavy atom. The molecule has 1 aromatic heterocycles. The van der Waals surface area contributed by atoms with E-state index >= 15 is 0 Å². The molecule has 0 amide bonds. The monoisotopic (exact) mass is 225 g/mol. The maximum atomic E-state index is 5.70. The van der Waals surface area contributed by atoms with Crippen LogP contribution >= 0.6 is 0 Å². The zero-order valence-corrected chi connectivity index (χ0v) is 9.65. The molecule has 0 aliphatic carbocycles. The van der Waals surface area contributed by atoms with Crippen molar-refractivity contribution in [2.75, 3.05) is 33.2 Å². The van der Waals surface area contributed by atoms with Gasteiger partial charge in [0.2, 0.25) is 0 Å². The van der Waals surface area contributed by atoms with Crippen LogP contribution in [0, 0.1) is 0 Å². The average Bonchev–Trinajstić information content (AvgIpc) is 2.70. The highest BCUT2D eigenvalue weighted by Gasteiger charge is 2.16. The molecule has 1 fully saturated rings. The Morgan fingerprint density at radius 3 is 2.88 bits per heavy atom. The highest BCUT2D eigenvalue weighted by Crippen LogP contribution is 2.08. The van der Waals surface area contributed by atoms with Gasteiger partial charge in [0, 0.05) is 38.8 Å². The third-order valence-corrected chi connectivity index (χ3v) is 2.75. The van der Waals surface area contributed by atoms with Crippen LogP contribution < -0.4 is 11.2 Å². The minimum Gasteiger partial charge on any atom is -0.360 e. The largest absolute Gasteiger partial charge is 0.360 e. The summed E-state index contributed by atoms with van der Waals surface area (Å²) in [7, 11) is 1.90. The van der Waals surface area contributed by atoms with Crippen LogP contribution in [0.1, 0.15) is 11.5 Å². The molecule has 90 valence electrons. The third-order valence-electron chi connectivity index (χ3n) is 2.75. The van der Waals surface area contributed by atoms with Gasteiger partial charge in [-0.1, -0.05) is 5.16 Å². The van der Waals surface area contributed by atoms with Gasteiger partial charge in [0.05, 0.1) is 12.2 Å². The van der Waals surface area contributed by atoms with Gasteiger partial charge >= 0.3 is 0 Å². The molecule has 16 heavy (non-hydrogen) atoms. The van der Waals surface area contributed by atoms with Gasteiger partial charge in [-0.3, -0.25) is 10.7 Å². The third kappa shape index (κ3) is 3.02. The number of hydrogen-bond donors (Lipinski definition) is 2. The van der Waals surface area contributed by atoms with Gasteiger partial charge in [-0.2, -0.15) is 0 Å². The predicted octanol–water partition coefficient (Wildman–Crippen LogP) is -0.615. The van der Waals surface area contributed by atoms with Crippen molar-refractivity contribution in [2.45, 2.75) is 13.1 Å². The van der Waals surface area contributed by atoms with Crippen LogP contribution in [0.5, 0.6) is 0 Å². The molecule has 2 heterocycles. The molecular weight excluding hydrogens is 206 g/mol. The van der Waals surface area contributed by atoms with E-state index in [0.29, 0.717) is 0 Å². The lowest BCUT2D eigenvalue weighted by Crippen LogP contribution is -2.48. The van der Waals surface area contributed by atoms with Crippen molar-refractivity contribution in [3.8, 4) is 0 Å². The van der Waals surface area contributed by atoms with Gasteiger partial charge in [-0.15, -0.1) is 0 Å². The Morgan fingerprint density at radius 1 is 1.44 bits per heavy atom. The number of nitrogens with zero attached hydrogens (tertiary/aromatic N) is 3. The molecule has 1 saturated heterocycles. The normalized spacial score (nSPS) is 19.1. The second-order valence-corrected chi connectivity index (χ2v) is 4.13. The first-order valence-corrected chi connectivity index (χ1v) is 5.59. The fourth-order valence-electron chi connectivity index (χ4n) is 1.84. The number of aromatic nitrogens is 1. The van der Waals surface area contributed by atoms with Crippen LogP contribution in [0.15, 0.2) is 10.6 Å². The van der Waals surface area contributed by atoms with E-state index < -0.39 is 0 Å². The average molecular weight is 225 g/mol. The van der Waals surface area contributed by atoms with Crippen LogP contribution in [0.25, 0.3) is 0 Å². The second kappa shape index (κ2) is 5.40. The lowest BCUT2D eigenvalue weighted by Gasteiger charge is -2.30. The topological polar surface area (TPSA) is 70.6 Å². The maximum absolute atomic E-state index is 5.70. The van der Waals surface area contributed by atoms with Crippen molar-refractivity contribution in [2.24, 2.45) is 5.84 Å². The van der Waals surface area contributed by atoms with Gasteiger partial charge < -0.3 is 9.84 Å². The van der Waals surface area contributed by atoms with Gasteiger partial charge in [0.15, 0.2) is 5.76 Å². The van der Waals surface area contributed by atoms with E-state index in [1.807, 2.05) is 18.1 Å². The second-order valence-electron chi connectivity index (χ2n) is 4.13.